The average Bonchev–Trinajstić information content (AvgIpc) is 2.72. The Morgan fingerprint density at radius 3 is 2.59 bits per heavy atom. The van der Waals surface area contributed by atoms with Crippen LogP contribution in [-0.2, 0) is 0 Å². The van der Waals surface area contributed by atoms with E-state index in [-0.39, 0.29) is 17.8 Å². The van der Waals surface area contributed by atoms with Crippen LogP contribution in [0.15, 0.2) is 53.5 Å². The molecule has 1 atom stereocenters. The third-order valence-corrected chi connectivity index (χ3v) is 4.43. The van der Waals surface area contributed by atoms with Crippen LogP contribution in [-0.4, -0.2) is 44.7 Å². The number of amides is 1. The van der Waals surface area contributed by atoms with E-state index in [9.17, 15) is 9.18 Å². The number of carbonyl (C=O) groups excluding carboxylic acids is 1. The van der Waals surface area contributed by atoms with Crippen LogP contribution < -0.4 is 20.7 Å². The summed E-state index contributed by atoms with van der Waals surface area (Å²) in [7, 11) is 1.66. The quantitative estimate of drug-likeness (QED) is 0.331. The maximum Gasteiger partial charge on any atom is 0.252 e. The van der Waals surface area contributed by atoms with E-state index in [1.54, 1.807) is 43.4 Å². The molecule has 0 aliphatic carbocycles. The largest absolute Gasteiger partial charge is 0.489 e. The molecule has 0 bridgehead atoms. The van der Waals surface area contributed by atoms with Crippen LogP contribution in [0, 0.1) is 5.82 Å². The van der Waals surface area contributed by atoms with Crippen LogP contribution in [0.1, 0.15) is 23.7 Å². The van der Waals surface area contributed by atoms with Gasteiger partial charge in [0.1, 0.15) is 17.7 Å². The average molecular weight is 421 g/mol. The summed E-state index contributed by atoms with van der Waals surface area (Å²) < 4.78 is 19.1. The smallest absolute Gasteiger partial charge is 0.252 e. The summed E-state index contributed by atoms with van der Waals surface area (Å²) in [5.74, 6) is 0.513. The first-order valence-electron chi connectivity index (χ1n) is 9.43. The zero-order valence-electron chi connectivity index (χ0n) is 16.5. The number of rotatable bonds is 9. The molecule has 0 aromatic heterocycles. The SMILES string of the molecule is CCC(CNC(=NC)NCCNC(=O)c1ccccc1Cl)Oc1cccc(F)c1. The number of hydrogen-bond acceptors (Lipinski definition) is 3. The van der Waals surface area contributed by atoms with Crippen LogP contribution in [0.25, 0.3) is 0 Å². The molecule has 2 aromatic rings. The molecule has 0 heterocycles. The van der Waals surface area contributed by atoms with Crippen LogP contribution in [0.3, 0.4) is 0 Å². The van der Waals surface area contributed by atoms with E-state index in [4.69, 9.17) is 16.3 Å². The van der Waals surface area contributed by atoms with Crippen molar-refractivity contribution in [2.45, 2.75) is 19.4 Å². The number of carbonyl (C=O) groups is 1. The minimum atomic E-state index is -0.332. The molecule has 0 fully saturated rings. The van der Waals surface area contributed by atoms with Gasteiger partial charge in [-0.05, 0) is 30.7 Å². The summed E-state index contributed by atoms with van der Waals surface area (Å²) in [5.41, 5.74) is 0.442. The van der Waals surface area contributed by atoms with E-state index in [2.05, 4.69) is 20.9 Å². The molecule has 2 aromatic carbocycles. The molecule has 0 aliphatic heterocycles. The lowest BCUT2D eigenvalue weighted by atomic mass is 10.2. The van der Waals surface area contributed by atoms with Crippen molar-refractivity contribution in [3.05, 3.63) is 64.9 Å². The maximum absolute atomic E-state index is 13.3. The fourth-order valence-corrected chi connectivity index (χ4v) is 2.75. The topological polar surface area (TPSA) is 74.8 Å². The van der Waals surface area contributed by atoms with Crippen LogP contribution in [0.5, 0.6) is 5.75 Å². The van der Waals surface area contributed by atoms with E-state index in [0.29, 0.717) is 41.9 Å². The van der Waals surface area contributed by atoms with Gasteiger partial charge in [-0.2, -0.15) is 0 Å². The highest BCUT2D eigenvalue weighted by Crippen LogP contribution is 2.15. The maximum atomic E-state index is 13.3. The molecule has 2 rings (SSSR count). The van der Waals surface area contributed by atoms with Crippen molar-refractivity contribution >= 4 is 23.5 Å². The van der Waals surface area contributed by atoms with Gasteiger partial charge in [0.05, 0.1) is 17.1 Å². The summed E-state index contributed by atoms with van der Waals surface area (Å²) in [6, 6.07) is 13.0. The molecule has 0 spiro atoms. The normalized spacial score (nSPS) is 12.2. The second kappa shape index (κ2) is 11.9. The Morgan fingerprint density at radius 1 is 1.14 bits per heavy atom. The van der Waals surface area contributed by atoms with E-state index in [1.165, 1.54) is 12.1 Å². The van der Waals surface area contributed by atoms with Gasteiger partial charge in [0.15, 0.2) is 5.96 Å². The molecule has 8 heteroatoms. The third kappa shape index (κ3) is 7.62. The number of benzene rings is 2. The first-order chi connectivity index (χ1) is 14.0. The molecule has 1 amide bonds. The molecule has 156 valence electrons. The molecular formula is C21H26ClFN4O2. The minimum Gasteiger partial charge on any atom is -0.489 e. The minimum absolute atomic E-state index is 0.143. The van der Waals surface area contributed by atoms with Crippen molar-refractivity contribution in [2.75, 3.05) is 26.7 Å². The van der Waals surface area contributed by atoms with Crippen molar-refractivity contribution in [1.82, 2.24) is 16.0 Å². The Labute approximate surface area is 175 Å². The van der Waals surface area contributed by atoms with E-state index < -0.39 is 0 Å². The number of halogens is 2. The first-order valence-corrected chi connectivity index (χ1v) is 9.80. The van der Waals surface area contributed by atoms with Gasteiger partial charge in [-0.1, -0.05) is 36.7 Å². The second-order valence-electron chi connectivity index (χ2n) is 6.22. The standard InChI is InChI=1S/C21H26ClFN4O2/c1-3-16(29-17-8-6-7-15(23)13-17)14-27-21(24-2)26-12-11-25-20(28)18-9-4-5-10-19(18)22/h4-10,13,16H,3,11-12,14H2,1-2H3,(H,25,28)(H2,24,26,27). The fourth-order valence-electron chi connectivity index (χ4n) is 2.53. The Bertz CT molecular complexity index is 832. The Morgan fingerprint density at radius 2 is 1.90 bits per heavy atom. The lowest BCUT2D eigenvalue weighted by Crippen LogP contribution is -2.44. The molecule has 0 aliphatic rings. The van der Waals surface area contributed by atoms with Crippen LogP contribution >= 0.6 is 11.6 Å². The van der Waals surface area contributed by atoms with Crippen molar-refractivity contribution < 1.29 is 13.9 Å². The van der Waals surface area contributed by atoms with Gasteiger partial charge in [-0.25, -0.2) is 4.39 Å². The Kier molecular flexibility index (Phi) is 9.24. The van der Waals surface area contributed by atoms with Crippen molar-refractivity contribution in [2.24, 2.45) is 4.99 Å². The van der Waals surface area contributed by atoms with Crippen molar-refractivity contribution in [1.29, 1.82) is 0 Å². The summed E-state index contributed by atoms with van der Waals surface area (Å²) in [6.07, 6.45) is 0.601. The van der Waals surface area contributed by atoms with Crippen LogP contribution in [0.4, 0.5) is 4.39 Å². The molecule has 0 saturated carbocycles. The van der Waals surface area contributed by atoms with Crippen LogP contribution in [0.2, 0.25) is 5.02 Å². The van der Waals surface area contributed by atoms with Crippen molar-refractivity contribution in [3.63, 3.8) is 0 Å². The van der Waals surface area contributed by atoms with E-state index in [1.807, 2.05) is 6.92 Å². The predicted octanol–water partition coefficient (Wildman–Crippen LogP) is 3.23. The lowest BCUT2D eigenvalue weighted by Gasteiger charge is -2.20. The third-order valence-electron chi connectivity index (χ3n) is 4.10. The van der Waals surface area contributed by atoms with Gasteiger partial charge < -0.3 is 20.7 Å². The number of ether oxygens (including phenoxy) is 1. The summed E-state index contributed by atoms with van der Waals surface area (Å²) >= 11 is 6.02. The number of nitrogens with zero attached hydrogens (tertiary/aromatic N) is 1. The predicted molar refractivity (Wildman–Crippen MR) is 114 cm³/mol. The number of hydrogen-bond donors (Lipinski definition) is 3. The summed E-state index contributed by atoms with van der Waals surface area (Å²) in [4.78, 5) is 16.3. The van der Waals surface area contributed by atoms with Gasteiger partial charge in [-0.15, -0.1) is 0 Å². The first kappa shape index (κ1) is 22.5. The molecular weight excluding hydrogens is 395 g/mol. The van der Waals surface area contributed by atoms with Gasteiger partial charge in [0.2, 0.25) is 0 Å². The monoisotopic (exact) mass is 420 g/mol. The zero-order chi connectivity index (χ0) is 21.1. The molecule has 0 saturated heterocycles. The van der Waals surface area contributed by atoms with Gasteiger partial charge in [0, 0.05) is 26.2 Å². The van der Waals surface area contributed by atoms with Crippen molar-refractivity contribution in [3.8, 4) is 5.75 Å². The van der Waals surface area contributed by atoms with Gasteiger partial charge >= 0.3 is 0 Å². The molecule has 0 radical (unpaired) electrons. The molecule has 3 N–H and O–H groups in total. The Balaban J connectivity index is 1.73. The summed E-state index contributed by atoms with van der Waals surface area (Å²) in [6.45, 7) is 3.38. The van der Waals surface area contributed by atoms with E-state index >= 15 is 0 Å². The zero-order valence-corrected chi connectivity index (χ0v) is 17.3. The fraction of sp³-hybridized carbons (Fsp3) is 0.333. The number of nitrogens with one attached hydrogen (secondary N) is 3. The molecule has 6 nitrogen and oxygen atoms in total. The number of aliphatic imine (C=N–C) groups is 1. The highest BCUT2D eigenvalue weighted by atomic mass is 35.5. The summed E-state index contributed by atoms with van der Waals surface area (Å²) in [5, 5.41) is 9.51. The lowest BCUT2D eigenvalue weighted by molar-refractivity contribution is 0.0954. The molecule has 1 unspecified atom stereocenters. The van der Waals surface area contributed by atoms with E-state index in [0.717, 1.165) is 6.42 Å². The highest BCUT2D eigenvalue weighted by Gasteiger charge is 2.11. The second-order valence-corrected chi connectivity index (χ2v) is 6.63. The number of guanidine groups is 1. The molecule has 29 heavy (non-hydrogen) atoms. The highest BCUT2D eigenvalue weighted by molar-refractivity contribution is 6.33. The Hall–Kier alpha value is -2.80. The van der Waals surface area contributed by atoms with Gasteiger partial charge in [0.25, 0.3) is 5.91 Å². The van der Waals surface area contributed by atoms with Gasteiger partial charge in [-0.3, -0.25) is 9.79 Å².